The van der Waals surface area contributed by atoms with Gasteiger partial charge in [-0.1, -0.05) is 6.92 Å². The van der Waals surface area contributed by atoms with E-state index in [0.29, 0.717) is 6.04 Å². The summed E-state index contributed by atoms with van der Waals surface area (Å²) in [5, 5.41) is 13.6. The Morgan fingerprint density at radius 2 is 2.31 bits per heavy atom. The molecule has 1 saturated carbocycles. The molecule has 1 fully saturated rings. The van der Waals surface area contributed by atoms with Crippen LogP contribution in [0.1, 0.15) is 44.4 Å². The van der Waals surface area contributed by atoms with Crippen molar-refractivity contribution in [1.29, 1.82) is 0 Å². The first-order valence-electron chi connectivity index (χ1n) is 4.89. The predicted molar refractivity (Wildman–Crippen MR) is 50.3 cm³/mol. The topological polar surface area (TPSA) is 38.1 Å². The van der Waals surface area contributed by atoms with Crippen LogP contribution in [0.2, 0.25) is 0 Å². The number of rotatable bonds is 2. The molecule has 1 aliphatic carbocycles. The molecule has 0 aromatic carbocycles. The monoisotopic (exact) mass is 180 g/mol. The zero-order chi connectivity index (χ0) is 9.42. The van der Waals surface area contributed by atoms with Gasteiger partial charge in [0.1, 0.15) is 0 Å². The second kappa shape index (κ2) is 3.14. The minimum Gasteiger partial charge on any atom is -0.389 e. The van der Waals surface area contributed by atoms with Gasteiger partial charge in [0.25, 0.3) is 0 Å². The minimum atomic E-state index is -0.397. The standard InChI is InChI=1S/C10H16N2O/c1-7-3-10(4-7)12-6-9(5-11-12)8(2)13/h5-8,10,13H,3-4H2,1-2H3/t7-,8-,10+/m0/s1. The van der Waals surface area contributed by atoms with Gasteiger partial charge in [-0.15, -0.1) is 0 Å². The third-order valence-corrected chi connectivity index (χ3v) is 2.83. The van der Waals surface area contributed by atoms with Crippen molar-refractivity contribution >= 4 is 0 Å². The van der Waals surface area contributed by atoms with Gasteiger partial charge in [-0.05, 0) is 25.7 Å². The van der Waals surface area contributed by atoms with Crippen molar-refractivity contribution in [3.63, 3.8) is 0 Å². The van der Waals surface area contributed by atoms with E-state index in [4.69, 9.17) is 0 Å². The highest BCUT2D eigenvalue weighted by molar-refractivity contribution is 5.07. The van der Waals surface area contributed by atoms with E-state index in [1.165, 1.54) is 12.8 Å². The highest BCUT2D eigenvalue weighted by Gasteiger charge is 2.27. The Hall–Kier alpha value is -0.830. The minimum absolute atomic E-state index is 0.397. The molecule has 1 N–H and O–H groups in total. The van der Waals surface area contributed by atoms with E-state index < -0.39 is 6.10 Å². The summed E-state index contributed by atoms with van der Waals surface area (Å²) in [5.74, 6) is 0.837. The summed E-state index contributed by atoms with van der Waals surface area (Å²) in [7, 11) is 0. The maximum Gasteiger partial charge on any atom is 0.0792 e. The lowest BCUT2D eigenvalue weighted by molar-refractivity contribution is 0.193. The molecule has 0 spiro atoms. The summed E-state index contributed by atoms with van der Waals surface area (Å²) in [5.41, 5.74) is 0.916. The van der Waals surface area contributed by atoms with Gasteiger partial charge in [-0.2, -0.15) is 5.10 Å². The van der Waals surface area contributed by atoms with Crippen LogP contribution in [0.4, 0.5) is 0 Å². The van der Waals surface area contributed by atoms with Crippen LogP contribution < -0.4 is 0 Å². The Kier molecular flexibility index (Phi) is 2.12. The molecule has 0 radical (unpaired) electrons. The molecule has 3 nitrogen and oxygen atoms in total. The molecule has 3 heteroatoms. The Bertz CT molecular complexity index is 287. The van der Waals surface area contributed by atoms with Crippen LogP contribution in [-0.4, -0.2) is 14.9 Å². The summed E-state index contributed by atoms with van der Waals surface area (Å²) in [4.78, 5) is 0. The zero-order valence-electron chi connectivity index (χ0n) is 8.14. The number of aliphatic hydroxyl groups excluding tert-OH is 1. The van der Waals surface area contributed by atoms with Crippen molar-refractivity contribution in [3.05, 3.63) is 18.0 Å². The summed E-state index contributed by atoms with van der Waals surface area (Å²) in [6.07, 6.45) is 5.77. The fourth-order valence-corrected chi connectivity index (χ4v) is 1.84. The van der Waals surface area contributed by atoms with E-state index in [1.807, 2.05) is 10.9 Å². The molecule has 1 aliphatic rings. The van der Waals surface area contributed by atoms with E-state index >= 15 is 0 Å². The van der Waals surface area contributed by atoms with Crippen LogP contribution in [0.25, 0.3) is 0 Å². The third-order valence-electron chi connectivity index (χ3n) is 2.83. The van der Waals surface area contributed by atoms with Gasteiger partial charge >= 0.3 is 0 Å². The highest BCUT2D eigenvalue weighted by Crippen LogP contribution is 2.36. The predicted octanol–water partition coefficient (Wildman–Crippen LogP) is 1.91. The Balaban J connectivity index is 2.06. The SMILES string of the molecule is C[C@H](O)c1cnn([C@H]2C[C@@H](C)C2)c1. The van der Waals surface area contributed by atoms with Gasteiger partial charge in [0.05, 0.1) is 18.3 Å². The van der Waals surface area contributed by atoms with Gasteiger partial charge < -0.3 is 5.11 Å². The van der Waals surface area contributed by atoms with Crippen molar-refractivity contribution in [2.24, 2.45) is 5.92 Å². The second-order valence-corrected chi connectivity index (χ2v) is 4.16. The molecule has 0 amide bonds. The van der Waals surface area contributed by atoms with Crippen LogP contribution in [0.5, 0.6) is 0 Å². The normalized spacial score (nSPS) is 29.8. The number of hydrogen-bond acceptors (Lipinski definition) is 2. The van der Waals surface area contributed by atoms with Crippen LogP contribution in [0.3, 0.4) is 0 Å². The van der Waals surface area contributed by atoms with Gasteiger partial charge in [0, 0.05) is 11.8 Å². The average Bonchev–Trinajstić information content (AvgIpc) is 2.46. The lowest BCUT2D eigenvalue weighted by Crippen LogP contribution is -2.24. The van der Waals surface area contributed by atoms with E-state index in [-0.39, 0.29) is 0 Å². The molecule has 13 heavy (non-hydrogen) atoms. The van der Waals surface area contributed by atoms with Gasteiger partial charge in [-0.25, -0.2) is 0 Å². The fourth-order valence-electron chi connectivity index (χ4n) is 1.84. The average molecular weight is 180 g/mol. The zero-order valence-corrected chi connectivity index (χ0v) is 8.14. The Morgan fingerprint density at radius 3 is 2.77 bits per heavy atom. The van der Waals surface area contributed by atoms with Crippen molar-refractivity contribution in [3.8, 4) is 0 Å². The number of hydrogen-bond donors (Lipinski definition) is 1. The molecule has 1 aromatic heterocycles. The van der Waals surface area contributed by atoms with Gasteiger partial charge in [-0.3, -0.25) is 4.68 Å². The Morgan fingerprint density at radius 1 is 1.62 bits per heavy atom. The quantitative estimate of drug-likeness (QED) is 0.755. The fraction of sp³-hybridized carbons (Fsp3) is 0.700. The van der Waals surface area contributed by atoms with Crippen molar-refractivity contribution in [2.45, 2.75) is 38.8 Å². The maximum absolute atomic E-state index is 9.31. The first-order valence-corrected chi connectivity index (χ1v) is 4.89. The van der Waals surface area contributed by atoms with Gasteiger partial charge in [0.15, 0.2) is 0 Å². The van der Waals surface area contributed by atoms with E-state index in [2.05, 4.69) is 12.0 Å². The van der Waals surface area contributed by atoms with E-state index in [9.17, 15) is 5.11 Å². The molecular weight excluding hydrogens is 164 g/mol. The number of aromatic nitrogens is 2. The van der Waals surface area contributed by atoms with E-state index in [0.717, 1.165) is 11.5 Å². The number of nitrogens with zero attached hydrogens (tertiary/aromatic N) is 2. The maximum atomic E-state index is 9.31. The first-order chi connectivity index (χ1) is 6.16. The second-order valence-electron chi connectivity index (χ2n) is 4.16. The molecule has 1 aromatic rings. The molecule has 2 rings (SSSR count). The molecule has 0 saturated heterocycles. The molecule has 0 unspecified atom stereocenters. The van der Waals surface area contributed by atoms with Gasteiger partial charge in [0.2, 0.25) is 0 Å². The van der Waals surface area contributed by atoms with Crippen molar-refractivity contribution in [1.82, 2.24) is 9.78 Å². The highest BCUT2D eigenvalue weighted by atomic mass is 16.3. The molecular formula is C10H16N2O. The Labute approximate surface area is 78.4 Å². The number of aliphatic hydroxyl groups is 1. The summed E-state index contributed by atoms with van der Waals surface area (Å²) in [6, 6.07) is 0.572. The summed E-state index contributed by atoms with van der Waals surface area (Å²) < 4.78 is 1.99. The molecule has 72 valence electrons. The third kappa shape index (κ3) is 1.61. The summed E-state index contributed by atoms with van der Waals surface area (Å²) in [6.45, 7) is 4.03. The smallest absolute Gasteiger partial charge is 0.0792 e. The molecule has 0 aliphatic heterocycles. The summed E-state index contributed by atoms with van der Waals surface area (Å²) >= 11 is 0. The first kappa shape index (κ1) is 8.75. The largest absolute Gasteiger partial charge is 0.389 e. The molecule has 1 heterocycles. The van der Waals surface area contributed by atoms with Crippen molar-refractivity contribution in [2.75, 3.05) is 0 Å². The van der Waals surface area contributed by atoms with Crippen LogP contribution in [0, 0.1) is 5.92 Å². The van der Waals surface area contributed by atoms with Crippen LogP contribution in [0.15, 0.2) is 12.4 Å². The lowest BCUT2D eigenvalue weighted by Gasteiger charge is -2.32. The molecule has 0 bridgehead atoms. The molecule has 1 atom stereocenters. The van der Waals surface area contributed by atoms with E-state index in [1.54, 1.807) is 13.1 Å². The lowest BCUT2D eigenvalue weighted by atomic mass is 9.82. The van der Waals surface area contributed by atoms with Crippen molar-refractivity contribution < 1.29 is 5.11 Å². The van der Waals surface area contributed by atoms with Crippen LogP contribution in [-0.2, 0) is 0 Å². The van der Waals surface area contributed by atoms with Crippen LogP contribution >= 0.6 is 0 Å².